The average molecular weight is 304 g/mol. The second-order valence-electron chi connectivity index (χ2n) is 4.75. The first kappa shape index (κ1) is 15.2. The highest BCUT2D eigenvalue weighted by molar-refractivity contribution is 8.08. The first-order valence-corrected chi connectivity index (χ1v) is 7.68. The van der Waals surface area contributed by atoms with Gasteiger partial charge in [0.2, 0.25) is 0 Å². The summed E-state index contributed by atoms with van der Waals surface area (Å²) in [5.74, 6) is 0. The lowest BCUT2D eigenvalue weighted by atomic mass is 10.2. The van der Waals surface area contributed by atoms with Gasteiger partial charge in [-0.15, -0.1) is 0 Å². The molecule has 2 aromatic carbocycles. The van der Waals surface area contributed by atoms with Crippen LogP contribution in [0.1, 0.15) is 5.56 Å². The molecule has 0 aliphatic rings. The van der Waals surface area contributed by atoms with Crippen molar-refractivity contribution in [2.24, 2.45) is 0 Å². The Morgan fingerprint density at radius 3 is 2.30 bits per heavy atom. The SMILES string of the molecule is CN(C)CC=C(Sc1ccccc1)c1ccc(Cl)cc1. The Kier molecular flexibility index (Phi) is 5.72. The molecule has 20 heavy (non-hydrogen) atoms. The highest BCUT2D eigenvalue weighted by Crippen LogP contribution is 2.34. The first-order valence-electron chi connectivity index (χ1n) is 6.49. The minimum atomic E-state index is 0.769. The standard InChI is InChI=1S/C17H18ClNS/c1-19(2)13-12-17(14-8-10-15(18)11-9-14)20-16-6-4-3-5-7-16/h3-12H,13H2,1-2H3. The maximum Gasteiger partial charge on any atom is 0.0406 e. The van der Waals surface area contributed by atoms with Crippen molar-refractivity contribution in [3.05, 3.63) is 71.3 Å². The van der Waals surface area contributed by atoms with Crippen LogP contribution < -0.4 is 0 Å². The third-order valence-corrected chi connectivity index (χ3v) is 4.12. The summed E-state index contributed by atoms with van der Waals surface area (Å²) in [7, 11) is 4.15. The van der Waals surface area contributed by atoms with Gasteiger partial charge in [0.15, 0.2) is 0 Å². The molecule has 104 valence electrons. The number of halogens is 1. The molecule has 3 heteroatoms. The third kappa shape index (κ3) is 4.71. The van der Waals surface area contributed by atoms with Gasteiger partial charge in [-0.2, -0.15) is 0 Å². The fourth-order valence-corrected chi connectivity index (χ4v) is 2.80. The molecule has 0 saturated carbocycles. The minimum Gasteiger partial charge on any atom is -0.306 e. The molecule has 0 aliphatic carbocycles. The van der Waals surface area contributed by atoms with Gasteiger partial charge in [-0.05, 0) is 43.9 Å². The lowest BCUT2D eigenvalue weighted by Crippen LogP contribution is -2.10. The van der Waals surface area contributed by atoms with Crippen LogP contribution in [-0.2, 0) is 0 Å². The van der Waals surface area contributed by atoms with Crippen molar-refractivity contribution in [1.29, 1.82) is 0 Å². The zero-order chi connectivity index (χ0) is 14.4. The second-order valence-corrected chi connectivity index (χ2v) is 6.30. The van der Waals surface area contributed by atoms with E-state index >= 15 is 0 Å². The summed E-state index contributed by atoms with van der Waals surface area (Å²) in [6, 6.07) is 18.4. The lowest BCUT2D eigenvalue weighted by Gasteiger charge is -2.11. The van der Waals surface area contributed by atoms with Crippen molar-refractivity contribution < 1.29 is 0 Å². The quantitative estimate of drug-likeness (QED) is 0.712. The van der Waals surface area contributed by atoms with Gasteiger partial charge < -0.3 is 4.90 Å². The smallest absolute Gasteiger partial charge is 0.0406 e. The average Bonchev–Trinajstić information content (AvgIpc) is 2.45. The highest BCUT2D eigenvalue weighted by Gasteiger charge is 2.04. The summed E-state index contributed by atoms with van der Waals surface area (Å²) in [6.45, 7) is 0.914. The number of likely N-dealkylation sites (N-methyl/N-ethyl adjacent to an activating group) is 1. The van der Waals surface area contributed by atoms with E-state index in [1.165, 1.54) is 15.4 Å². The van der Waals surface area contributed by atoms with E-state index in [-0.39, 0.29) is 0 Å². The Hall–Kier alpha value is -1.22. The van der Waals surface area contributed by atoms with Gasteiger partial charge in [0, 0.05) is 21.4 Å². The maximum absolute atomic E-state index is 5.97. The topological polar surface area (TPSA) is 3.24 Å². The van der Waals surface area contributed by atoms with E-state index in [9.17, 15) is 0 Å². The molecule has 0 amide bonds. The molecule has 0 bridgehead atoms. The van der Waals surface area contributed by atoms with E-state index in [2.05, 4.69) is 61.5 Å². The molecule has 0 aliphatic heterocycles. The fraction of sp³-hybridized carbons (Fsp3) is 0.176. The minimum absolute atomic E-state index is 0.769. The van der Waals surface area contributed by atoms with Crippen LogP contribution in [-0.4, -0.2) is 25.5 Å². The van der Waals surface area contributed by atoms with Crippen LogP contribution in [0.4, 0.5) is 0 Å². The van der Waals surface area contributed by atoms with Crippen LogP contribution >= 0.6 is 23.4 Å². The molecule has 2 aromatic rings. The molecule has 0 saturated heterocycles. The van der Waals surface area contributed by atoms with Crippen molar-refractivity contribution in [2.75, 3.05) is 20.6 Å². The van der Waals surface area contributed by atoms with E-state index in [0.717, 1.165) is 11.6 Å². The largest absolute Gasteiger partial charge is 0.306 e. The van der Waals surface area contributed by atoms with E-state index in [1.54, 1.807) is 11.8 Å². The molecule has 0 N–H and O–H groups in total. The van der Waals surface area contributed by atoms with Crippen molar-refractivity contribution in [1.82, 2.24) is 4.90 Å². The molecule has 0 unspecified atom stereocenters. The van der Waals surface area contributed by atoms with Gasteiger partial charge in [0.25, 0.3) is 0 Å². The maximum atomic E-state index is 5.97. The van der Waals surface area contributed by atoms with Gasteiger partial charge in [-0.1, -0.05) is 59.8 Å². The zero-order valence-electron chi connectivity index (χ0n) is 11.7. The molecule has 1 nitrogen and oxygen atoms in total. The highest BCUT2D eigenvalue weighted by atomic mass is 35.5. The summed E-state index contributed by atoms with van der Waals surface area (Å²) in [6.07, 6.45) is 2.25. The molecule has 0 heterocycles. The Morgan fingerprint density at radius 1 is 1.05 bits per heavy atom. The Labute approximate surface area is 130 Å². The predicted octanol–water partition coefficient (Wildman–Crippen LogP) is 5.03. The van der Waals surface area contributed by atoms with Gasteiger partial charge in [-0.25, -0.2) is 0 Å². The van der Waals surface area contributed by atoms with Crippen LogP contribution in [0.5, 0.6) is 0 Å². The molecular formula is C17H18ClNS. The molecule has 0 atom stereocenters. The summed E-state index contributed by atoms with van der Waals surface area (Å²) in [4.78, 5) is 4.65. The van der Waals surface area contributed by atoms with Crippen molar-refractivity contribution in [3.8, 4) is 0 Å². The lowest BCUT2D eigenvalue weighted by molar-refractivity contribution is 0.457. The van der Waals surface area contributed by atoms with Crippen LogP contribution in [0.25, 0.3) is 4.91 Å². The summed E-state index contributed by atoms with van der Waals surface area (Å²) in [5.41, 5.74) is 1.20. The number of thioether (sulfide) groups is 1. The summed E-state index contributed by atoms with van der Waals surface area (Å²) >= 11 is 7.75. The molecular weight excluding hydrogens is 286 g/mol. The fourth-order valence-electron chi connectivity index (χ4n) is 1.71. The van der Waals surface area contributed by atoms with E-state index in [0.29, 0.717) is 0 Å². The van der Waals surface area contributed by atoms with Crippen LogP contribution in [0.2, 0.25) is 5.02 Å². The molecule has 0 radical (unpaired) electrons. The Bertz CT molecular complexity index is 561. The number of hydrogen-bond acceptors (Lipinski definition) is 2. The Balaban J connectivity index is 2.25. The van der Waals surface area contributed by atoms with E-state index < -0.39 is 0 Å². The number of benzene rings is 2. The monoisotopic (exact) mass is 303 g/mol. The van der Waals surface area contributed by atoms with Crippen molar-refractivity contribution in [2.45, 2.75) is 4.90 Å². The number of rotatable bonds is 5. The van der Waals surface area contributed by atoms with Crippen molar-refractivity contribution in [3.63, 3.8) is 0 Å². The van der Waals surface area contributed by atoms with Crippen molar-refractivity contribution >= 4 is 28.3 Å². The van der Waals surface area contributed by atoms with Gasteiger partial charge in [0.05, 0.1) is 0 Å². The van der Waals surface area contributed by atoms with Crippen LogP contribution in [0.3, 0.4) is 0 Å². The summed E-state index contributed by atoms with van der Waals surface area (Å²) < 4.78 is 0. The Morgan fingerprint density at radius 2 is 1.70 bits per heavy atom. The summed E-state index contributed by atoms with van der Waals surface area (Å²) in [5, 5.41) is 0.769. The predicted molar refractivity (Wildman–Crippen MR) is 90.3 cm³/mol. The van der Waals surface area contributed by atoms with E-state index in [1.807, 2.05) is 18.2 Å². The normalized spacial score (nSPS) is 11.9. The second kappa shape index (κ2) is 7.53. The van der Waals surface area contributed by atoms with Gasteiger partial charge in [-0.3, -0.25) is 0 Å². The van der Waals surface area contributed by atoms with Gasteiger partial charge in [0.1, 0.15) is 0 Å². The zero-order valence-corrected chi connectivity index (χ0v) is 13.3. The third-order valence-electron chi connectivity index (χ3n) is 2.74. The van der Waals surface area contributed by atoms with Gasteiger partial charge >= 0.3 is 0 Å². The molecule has 2 rings (SSSR count). The number of hydrogen-bond donors (Lipinski definition) is 0. The molecule has 0 aromatic heterocycles. The van der Waals surface area contributed by atoms with Crippen LogP contribution in [0.15, 0.2) is 65.6 Å². The molecule has 0 spiro atoms. The van der Waals surface area contributed by atoms with Crippen LogP contribution in [0, 0.1) is 0 Å². The number of nitrogens with zero attached hydrogens (tertiary/aromatic N) is 1. The van der Waals surface area contributed by atoms with E-state index in [4.69, 9.17) is 11.6 Å². The molecule has 0 fully saturated rings. The first-order chi connectivity index (χ1) is 9.65.